The number of methoxy groups -OCH3 is 1. The number of esters is 1. The second kappa shape index (κ2) is 9.75. The minimum atomic E-state index is -0.699. The molecule has 0 bridgehead atoms. The van der Waals surface area contributed by atoms with Crippen LogP contribution in [0.3, 0.4) is 0 Å². The van der Waals surface area contributed by atoms with Gasteiger partial charge < -0.3 is 10.1 Å². The number of thioether (sulfide) groups is 1. The molecule has 27 heavy (non-hydrogen) atoms. The zero-order chi connectivity index (χ0) is 20.0. The normalized spacial score (nSPS) is 14.9. The van der Waals surface area contributed by atoms with E-state index in [4.69, 9.17) is 16.3 Å². The van der Waals surface area contributed by atoms with E-state index in [1.54, 1.807) is 24.3 Å². The first-order chi connectivity index (χ1) is 12.8. The monoisotopic (exact) mass is 411 g/mol. The van der Waals surface area contributed by atoms with Crippen LogP contribution >= 0.6 is 23.4 Å². The molecule has 1 aromatic rings. The Kier molecular flexibility index (Phi) is 7.67. The van der Waals surface area contributed by atoms with Crippen molar-refractivity contribution in [2.75, 3.05) is 24.3 Å². The van der Waals surface area contributed by atoms with Crippen LogP contribution in [-0.4, -0.2) is 48.4 Å². The second-order valence-electron chi connectivity index (χ2n) is 6.34. The summed E-state index contributed by atoms with van der Waals surface area (Å²) in [5.74, 6) is -0.795. The zero-order valence-electron chi connectivity index (χ0n) is 15.4. The largest absolute Gasteiger partial charge is 0.467 e. The van der Waals surface area contributed by atoms with Crippen molar-refractivity contribution >= 4 is 52.0 Å². The first-order valence-electron chi connectivity index (χ1n) is 8.45. The molecule has 7 nitrogen and oxygen atoms in total. The van der Waals surface area contributed by atoms with Crippen LogP contribution in [0.25, 0.3) is 0 Å². The number of aliphatic imine (C=N–C) groups is 1. The third kappa shape index (κ3) is 5.71. The summed E-state index contributed by atoms with van der Waals surface area (Å²) >= 11 is 7.30. The molecule has 2 rings (SSSR count). The van der Waals surface area contributed by atoms with Gasteiger partial charge in [0.25, 0.3) is 5.91 Å². The Bertz CT molecular complexity index is 754. The fourth-order valence-corrected chi connectivity index (χ4v) is 3.61. The Morgan fingerprint density at radius 3 is 2.70 bits per heavy atom. The number of ether oxygens (including phenoxy) is 1. The van der Waals surface area contributed by atoms with Crippen LogP contribution < -0.4 is 10.2 Å². The van der Waals surface area contributed by atoms with Gasteiger partial charge in [0.15, 0.2) is 5.17 Å². The predicted molar refractivity (Wildman–Crippen MR) is 107 cm³/mol. The van der Waals surface area contributed by atoms with Gasteiger partial charge in [-0.2, -0.15) is 0 Å². The lowest BCUT2D eigenvalue weighted by Crippen LogP contribution is -2.43. The van der Waals surface area contributed by atoms with Gasteiger partial charge in [0.05, 0.1) is 23.6 Å². The summed E-state index contributed by atoms with van der Waals surface area (Å²) in [6.45, 7) is 3.92. The van der Waals surface area contributed by atoms with Crippen molar-refractivity contribution in [2.24, 2.45) is 10.9 Å². The van der Waals surface area contributed by atoms with Crippen LogP contribution in [0.4, 0.5) is 5.69 Å². The van der Waals surface area contributed by atoms with Gasteiger partial charge >= 0.3 is 5.97 Å². The van der Waals surface area contributed by atoms with E-state index < -0.39 is 12.0 Å². The highest BCUT2D eigenvalue weighted by Gasteiger charge is 2.30. The van der Waals surface area contributed by atoms with E-state index in [9.17, 15) is 14.4 Å². The topological polar surface area (TPSA) is 88.1 Å². The highest BCUT2D eigenvalue weighted by atomic mass is 35.5. The van der Waals surface area contributed by atoms with Gasteiger partial charge in [-0.15, -0.1) is 0 Å². The molecule has 1 N–H and O–H groups in total. The van der Waals surface area contributed by atoms with E-state index in [1.807, 2.05) is 13.8 Å². The quantitative estimate of drug-likeness (QED) is 0.696. The molecule has 2 amide bonds. The van der Waals surface area contributed by atoms with Crippen molar-refractivity contribution in [1.82, 2.24) is 5.32 Å². The van der Waals surface area contributed by atoms with Crippen LogP contribution in [0, 0.1) is 5.92 Å². The SMILES string of the molecule is COC(=O)[C@@H](CC(C)C)NC(=O)CSC1=NCC(=O)N1c1ccccc1Cl. The summed E-state index contributed by atoms with van der Waals surface area (Å²) in [4.78, 5) is 41.9. The van der Waals surface area contributed by atoms with Crippen molar-refractivity contribution in [3.63, 3.8) is 0 Å². The highest BCUT2D eigenvalue weighted by molar-refractivity contribution is 8.14. The Morgan fingerprint density at radius 1 is 1.37 bits per heavy atom. The zero-order valence-corrected chi connectivity index (χ0v) is 17.0. The van der Waals surface area contributed by atoms with Crippen molar-refractivity contribution in [3.05, 3.63) is 29.3 Å². The first-order valence-corrected chi connectivity index (χ1v) is 9.81. The Hall–Kier alpha value is -2.06. The molecule has 0 saturated carbocycles. The number of anilines is 1. The van der Waals surface area contributed by atoms with E-state index in [1.165, 1.54) is 12.0 Å². The summed E-state index contributed by atoms with van der Waals surface area (Å²) in [6.07, 6.45) is 0.480. The molecule has 1 aliphatic heterocycles. The number of hydrogen-bond acceptors (Lipinski definition) is 6. The van der Waals surface area contributed by atoms with Gasteiger partial charge in [-0.25, -0.2) is 4.79 Å². The molecule has 0 aromatic heterocycles. The van der Waals surface area contributed by atoms with Crippen LogP contribution in [0.1, 0.15) is 20.3 Å². The Balaban J connectivity index is 2.00. The first kappa shape index (κ1) is 21.2. The van der Waals surface area contributed by atoms with E-state index >= 15 is 0 Å². The fraction of sp³-hybridized carbons (Fsp3) is 0.444. The van der Waals surface area contributed by atoms with Gasteiger partial charge in [-0.1, -0.05) is 49.3 Å². The van der Waals surface area contributed by atoms with E-state index in [0.29, 0.717) is 22.3 Å². The molecule has 0 radical (unpaired) electrons. The van der Waals surface area contributed by atoms with Crippen molar-refractivity contribution < 1.29 is 19.1 Å². The molecule has 0 saturated heterocycles. The molecule has 0 spiro atoms. The molecular weight excluding hydrogens is 390 g/mol. The van der Waals surface area contributed by atoms with E-state index in [-0.39, 0.29) is 30.0 Å². The number of benzene rings is 1. The standard InChI is InChI=1S/C18H22ClN3O4S/c1-11(2)8-13(17(25)26-3)21-15(23)10-27-18-20-9-16(24)22(18)14-7-5-4-6-12(14)19/h4-7,11,13H,8-10H2,1-3H3,(H,21,23)/t13-/m1/s1. The third-order valence-electron chi connectivity index (χ3n) is 3.74. The number of halogens is 1. The summed E-state index contributed by atoms with van der Waals surface area (Å²) in [7, 11) is 1.29. The number of nitrogens with one attached hydrogen (secondary N) is 1. The summed E-state index contributed by atoms with van der Waals surface area (Å²) in [5, 5.41) is 3.51. The molecular formula is C18H22ClN3O4S. The second-order valence-corrected chi connectivity index (χ2v) is 7.69. The Labute approximate surface area is 167 Å². The maximum Gasteiger partial charge on any atom is 0.328 e. The van der Waals surface area contributed by atoms with Crippen LogP contribution in [0.5, 0.6) is 0 Å². The summed E-state index contributed by atoms with van der Waals surface area (Å²) in [6, 6.07) is 6.25. The number of carbonyl (C=O) groups is 3. The van der Waals surface area contributed by atoms with Gasteiger partial charge in [-0.05, 0) is 24.5 Å². The molecule has 1 aliphatic rings. The van der Waals surface area contributed by atoms with Gasteiger partial charge in [0.2, 0.25) is 5.91 Å². The average molecular weight is 412 g/mol. The van der Waals surface area contributed by atoms with Gasteiger partial charge in [0.1, 0.15) is 12.6 Å². The Morgan fingerprint density at radius 2 is 2.07 bits per heavy atom. The van der Waals surface area contributed by atoms with Crippen molar-refractivity contribution in [2.45, 2.75) is 26.3 Å². The van der Waals surface area contributed by atoms with Crippen LogP contribution in [-0.2, 0) is 19.1 Å². The van der Waals surface area contributed by atoms with E-state index in [2.05, 4.69) is 10.3 Å². The summed E-state index contributed by atoms with van der Waals surface area (Å²) < 4.78 is 4.74. The minimum absolute atomic E-state index is 0.00725. The van der Waals surface area contributed by atoms with Crippen LogP contribution in [0.15, 0.2) is 29.3 Å². The fourth-order valence-electron chi connectivity index (χ4n) is 2.56. The van der Waals surface area contributed by atoms with Crippen molar-refractivity contribution in [1.29, 1.82) is 0 Å². The maximum atomic E-state index is 12.3. The summed E-state index contributed by atoms with van der Waals surface area (Å²) in [5.41, 5.74) is 0.528. The molecule has 1 heterocycles. The average Bonchev–Trinajstić information content (AvgIpc) is 2.99. The molecule has 146 valence electrons. The maximum absolute atomic E-state index is 12.3. The number of amidine groups is 1. The molecule has 0 aliphatic carbocycles. The lowest BCUT2D eigenvalue weighted by molar-refractivity contribution is -0.145. The molecule has 0 unspecified atom stereocenters. The number of amides is 2. The van der Waals surface area contributed by atoms with Gasteiger partial charge in [-0.3, -0.25) is 19.5 Å². The van der Waals surface area contributed by atoms with Crippen LogP contribution in [0.2, 0.25) is 5.02 Å². The van der Waals surface area contributed by atoms with Crippen molar-refractivity contribution in [3.8, 4) is 0 Å². The number of para-hydroxylation sites is 1. The molecule has 1 atom stereocenters. The van der Waals surface area contributed by atoms with Gasteiger partial charge in [0, 0.05) is 0 Å². The molecule has 9 heteroatoms. The number of hydrogen-bond donors (Lipinski definition) is 1. The molecule has 0 fully saturated rings. The smallest absolute Gasteiger partial charge is 0.328 e. The lowest BCUT2D eigenvalue weighted by Gasteiger charge is -2.20. The number of rotatable bonds is 7. The number of nitrogens with zero attached hydrogens (tertiary/aromatic N) is 2. The molecule has 1 aromatic carbocycles. The predicted octanol–water partition coefficient (Wildman–Crippen LogP) is 2.48. The number of carbonyl (C=O) groups excluding carboxylic acids is 3. The van der Waals surface area contributed by atoms with E-state index in [0.717, 1.165) is 11.8 Å². The minimum Gasteiger partial charge on any atom is -0.467 e. The lowest BCUT2D eigenvalue weighted by atomic mass is 10.0. The highest BCUT2D eigenvalue weighted by Crippen LogP contribution is 2.30. The third-order valence-corrected chi connectivity index (χ3v) is 5.04.